The van der Waals surface area contributed by atoms with Crippen LogP contribution in [-0.2, 0) is 4.74 Å². The number of carbonyl (C=O) groups is 2. The van der Waals surface area contributed by atoms with Crippen molar-refractivity contribution in [2.24, 2.45) is 0 Å². The molecule has 1 aliphatic rings. The van der Waals surface area contributed by atoms with Crippen LogP contribution in [0, 0.1) is 0 Å². The molecule has 1 atom stereocenters. The summed E-state index contributed by atoms with van der Waals surface area (Å²) in [7, 11) is 0. The van der Waals surface area contributed by atoms with Crippen LogP contribution in [0.1, 0.15) is 36.7 Å². The van der Waals surface area contributed by atoms with E-state index in [9.17, 15) is 14.4 Å². The lowest BCUT2D eigenvalue weighted by molar-refractivity contribution is 0.0911. The van der Waals surface area contributed by atoms with Crippen molar-refractivity contribution < 1.29 is 14.3 Å². The Balaban J connectivity index is 1.47. The minimum absolute atomic E-state index is 0.148. The van der Waals surface area contributed by atoms with Crippen molar-refractivity contribution in [1.82, 2.24) is 19.2 Å². The fourth-order valence-corrected chi connectivity index (χ4v) is 4.43. The highest BCUT2D eigenvalue weighted by atomic mass is 79.9. The summed E-state index contributed by atoms with van der Waals surface area (Å²) in [5.74, 6) is -0.148. The van der Waals surface area contributed by atoms with E-state index in [-0.39, 0.29) is 17.6 Å². The number of anilines is 1. The first-order chi connectivity index (χ1) is 16.9. The molecular formula is C25H28BrN5O4. The Morgan fingerprint density at radius 3 is 2.20 bits per heavy atom. The summed E-state index contributed by atoms with van der Waals surface area (Å²) in [6.07, 6.45) is 1.62. The third-order valence-electron chi connectivity index (χ3n) is 6.11. The number of piperazine rings is 1. The van der Waals surface area contributed by atoms with Crippen LogP contribution >= 0.6 is 15.9 Å². The number of carbonyl (C=O) groups excluding carboxylic acids is 2. The Morgan fingerprint density at radius 1 is 0.971 bits per heavy atom. The summed E-state index contributed by atoms with van der Waals surface area (Å²) < 4.78 is 8.66. The molecule has 1 saturated heterocycles. The molecule has 0 aliphatic carbocycles. The number of ketones is 1. The molecular weight excluding hydrogens is 514 g/mol. The zero-order valence-electron chi connectivity index (χ0n) is 19.8. The fourth-order valence-electron chi connectivity index (χ4n) is 4.17. The quantitative estimate of drug-likeness (QED) is 0.421. The van der Waals surface area contributed by atoms with Crippen molar-refractivity contribution in [3.63, 3.8) is 0 Å². The van der Waals surface area contributed by atoms with Gasteiger partial charge in [0.2, 0.25) is 0 Å². The number of amides is 1. The van der Waals surface area contributed by atoms with Gasteiger partial charge in [-0.05, 0) is 49.7 Å². The standard InChI is InChI=1S/C25H28BrN5O4/c1-3-22(23(32)18-5-7-19(26)8-6-18)31-24(33)30(17-27-31)21-11-9-20(10-12-21)28-13-15-29(16-14-28)25(34)35-4-2/h5-12,17,22H,3-4,13-16H2,1-2H3. The zero-order chi connectivity index (χ0) is 24.9. The van der Waals surface area contributed by atoms with Gasteiger partial charge in [-0.25, -0.2) is 18.8 Å². The summed E-state index contributed by atoms with van der Waals surface area (Å²) in [6, 6.07) is 14.0. The normalized spacial score (nSPS) is 14.6. The maximum absolute atomic E-state index is 13.1. The molecule has 2 aromatic carbocycles. The highest BCUT2D eigenvalue weighted by Gasteiger charge is 2.25. The van der Waals surface area contributed by atoms with Crippen molar-refractivity contribution in [1.29, 1.82) is 0 Å². The fraction of sp³-hybridized carbons (Fsp3) is 0.360. The van der Waals surface area contributed by atoms with Gasteiger partial charge in [0, 0.05) is 41.9 Å². The van der Waals surface area contributed by atoms with Gasteiger partial charge in [-0.1, -0.05) is 35.0 Å². The van der Waals surface area contributed by atoms with Gasteiger partial charge < -0.3 is 14.5 Å². The predicted octanol–water partition coefficient (Wildman–Crippen LogP) is 3.91. The maximum atomic E-state index is 13.1. The molecule has 1 fully saturated rings. The predicted molar refractivity (Wildman–Crippen MR) is 136 cm³/mol. The molecule has 184 valence electrons. The summed E-state index contributed by atoms with van der Waals surface area (Å²) in [4.78, 5) is 42.0. The van der Waals surface area contributed by atoms with Crippen molar-refractivity contribution in [2.45, 2.75) is 26.3 Å². The minimum Gasteiger partial charge on any atom is -0.450 e. The molecule has 1 aliphatic heterocycles. The van der Waals surface area contributed by atoms with E-state index in [1.165, 1.54) is 15.6 Å². The van der Waals surface area contributed by atoms with Crippen molar-refractivity contribution in [2.75, 3.05) is 37.7 Å². The van der Waals surface area contributed by atoms with Gasteiger partial charge in [0.25, 0.3) is 0 Å². The first-order valence-electron chi connectivity index (χ1n) is 11.7. The number of ether oxygens (including phenoxy) is 1. The van der Waals surface area contributed by atoms with E-state index in [2.05, 4.69) is 25.9 Å². The first kappa shape index (κ1) is 24.7. The van der Waals surface area contributed by atoms with E-state index in [0.29, 0.717) is 50.5 Å². The molecule has 2 heterocycles. The van der Waals surface area contributed by atoms with Gasteiger partial charge >= 0.3 is 11.8 Å². The Kier molecular flexibility index (Phi) is 7.70. The molecule has 0 spiro atoms. The van der Waals surface area contributed by atoms with Crippen LogP contribution in [0.5, 0.6) is 0 Å². The monoisotopic (exact) mass is 541 g/mol. The number of rotatable bonds is 7. The summed E-state index contributed by atoms with van der Waals surface area (Å²) in [5.41, 5.74) is 1.85. The molecule has 10 heteroatoms. The second-order valence-electron chi connectivity index (χ2n) is 8.21. The van der Waals surface area contributed by atoms with Crippen LogP contribution in [0.15, 0.2) is 64.1 Å². The number of aromatic nitrogens is 3. The number of Topliss-reactive ketones (excluding diaryl/α,β-unsaturated/α-hetero) is 1. The van der Waals surface area contributed by atoms with E-state index in [0.717, 1.165) is 10.2 Å². The molecule has 1 aromatic heterocycles. The molecule has 1 amide bonds. The molecule has 3 aromatic rings. The van der Waals surface area contributed by atoms with Gasteiger partial charge in [0.15, 0.2) is 5.78 Å². The van der Waals surface area contributed by atoms with Crippen LogP contribution in [0.2, 0.25) is 0 Å². The van der Waals surface area contributed by atoms with Crippen molar-refractivity contribution >= 4 is 33.5 Å². The molecule has 0 saturated carbocycles. The lowest BCUT2D eigenvalue weighted by atomic mass is 10.0. The van der Waals surface area contributed by atoms with E-state index in [1.807, 2.05) is 31.2 Å². The maximum Gasteiger partial charge on any atom is 0.409 e. The highest BCUT2D eigenvalue weighted by molar-refractivity contribution is 9.10. The summed E-state index contributed by atoms with van der Waals surface area (Å²) in [5, 5.41) is 4.26. The zero-order valence-corrected chi connectivity index (χ0v) is 21.3. The summed E-state index contributed by atoms with van der Waals surface area (Å²) >= 11 is 3.37. The highest BCUT2D eigenvalue weighted by Crippen LogP contribution is 2.21. The van der Waals surface area contributed by atoms with Gasteiger partial charge in [-0.2, -0.15) is 5.10 Å². The average molecular weight is 542 g/mol. The van der Waals surface area contributed by atoms with Gasteiger partial charge in [0.1, 0.15) is 12.4 Å². The Labute approximate surface area is 212 Å². The van der Waals surface area contributed by atoms with Gasteiger partial charge in [0.05, 0.1) is 12.3 Å². The third kappa shape index (κ3) is 5.32. The third-order valence-corrected chi connectivity index (χ3v) is 6.63. The smallest absolute Gasteiger partial charge is 0.409 e. The number of hydrogen-bond acceptors (Lipinski definition) is 6. The number of nitrogens with zero attached hydrogens (tertiary/aromatic N) is 5. The lowest BCUT2D eigenvalue weighted by Crippen LogP contribution is -2.49. The molecule has 0 N–H and O–H groups in total. The van der Waals surface area contributed by atoms with Crippen LogP contribution in [0.3, 0.4) is 0 Å². The van der Waals surface area contributed by atoms with E-state index in [1.54, 1.807) is 36.1 Å². The topological polar surface area (TPSA) is 89.7 Å². The largest absolute Gasteiger partial charge is 0.450 e. The van der Waals surface area contributed by atoms with Gasteiger partial charge in [-0.3, -0.25) is 4.79 Å². The Bertz CT molecular complexity index is 1230. The van der Waals surface area contributed by atoms with Crippen LogP contribution in [-0.4, -0.2) is 63.9 Å². The SMILES string of the molecule is CCOC(=O)N1CCN(c2ccc(-n3cnn(C(CC)C(=O)c4ccc(Br)cc4)c3=O)cc2)CC1. The first-order valence-corrected chi connectivity index (χ1v) is 12.4. The minimum atomic E-state index is -0.681. The average Bonchev–Trinajstić information content (AvgIpc) is 3.26. The molecule has 1 unspecified atom stereocenters. The van der Waals surface area contributed by atoms with Crippen LogP contribution in [0.4, 0.5) is 10.5 Å². The lowest BCUT2D eigenvalue weighted by Gasteiger charge is -2.35. The van der Waals surface area contributed by atoms with Crippen LogP contribution in [0.25, 0.3) is 5.69 Å². The molecule has 0 bridgehead atoms. The van der Waals surface area contributed by atoms with E-state index >= 15 is 0 Å². The number of hydrogen-bond donors (Lipinski definition) is 0. The molecule has 9 nitrogen and oxygen atoms in total. The Hall–Kier alpha value is -3.40. The van der Waals surface area contributed by atoms with Crippen LogP contribution < -0.4 is 10.6 Å². The van der Waals surface area contributed by atoms with Gasteiger partial charge in [-0.15, -0.1) is 0 Å². The van der Waals surface area contributed by atoms with Crippen molar-refractivity contribution in [3.8, 4) is 5.69 Å². The Morgan fingerprint density at radius 2 is 1.60 bits per heavy atom. The second-order valence-corrected chi connectivity index (χ2v) is 9.13. The molecule has 0 radical (unpaired) electrons. The number of halogens is 1. The molecule has 35 heavy (non-hydrogen) atoms. The second kappa shape index (κ2) is 10.9. The number of benzene rings is 2. The van der Waals surface area contributed by atoms with E-state index in [4.69, 9.17) is 4.74 Å². The van der Waals surface area contributed by atoms with Crippen molar-refractivity contribution in [3.05, 3.63) is 75.4 Å². The molecule has 4 rings (SSSR count). The van der Waals surface area contributed by atoms with E-state index < -0.39 is 6.04 Å². The summed E-state index contributed by atoms with van der Waals surface area (Å²) in [6.45, 7) is 6.62.